The van der Waals surface area contributed by atoms with Crippen molar-refractivity contribution in [3.05, 3.63) is 35.4 Å². The molecule has 1 aromatic carbocycles. The Bertz CT molecular complexity index is 459. The minimum Gasteiger partial charge on any atom is -0.337 e. The van der Waals surface area contributed by atoms with E-state index in [1.165, 1.54) is 5.56 Å². The number of rotatable bonds is 1. The van der Waals surface area contributed by atoms with Crippen LogP contribution in [0.3, 0.4) is 0 Å². The smallest absolute Gasteiger partial charge is 0.253 e. The second kappa shape index (κ2) is 5.96. The van der Waals surface area contributed by atoms with Gasteiger partial charge in [-0.05, 0) is 43.1 Å². The van der Waals surface area contributed by atoms with Crippen LogP contribution in [0.5, 0.6) is 0 Å². The number of nitrogens with zero attached hydrogens (tertiary/aromatic N) is 2. The van der Waals surface area contributed by atoms with Gasteiger partial charge in [0.25, 0.3) is 5.91 Å². The standard InChI is InChI=1S/C17H26N2O/c1-17(2,3)15-8-6-14(7-9-15)16(20)19-11-5-10-18(4)12-13-19/h6-9H,5,10-13H2,1-4H3. The molecule has 0 saturated carbocycles. The summed E-state index contributed by atoms with van der Waals surface area (Å²) >= 11 is 0. The summed E-state index contributed by atoms with van der Waals surface area (Å²) in [6.07, 6.45) is 1.06. The van der Waals surface area contributed by atoms with Gasteiger partial charge in [0.15, 0.2) is 0 Å². The van der Waals surface area contributed by atoms with E-state index in [9.17, 15) is 4.79 Å². The number of carbonyl (C=O) groups is 1. The first-order valence-electron chi connectivity index (χ1n) is 7.46. The molecule has 1 fully saturated rings. The minimum atomic E-state index is 0.132. The summed E-state index contributed by atoms with van der Waals surface area (Å²) in [5.41, 5.74) is 2.21. The van der Waals surface area contributed by atoms with Crippen LogP contribution in [-0.4, -0.2) is 48.9 Å². The van der Waals surface area contributed by atoms with Crippen molar-refractivity contribution in [1.29, 1.82) is 0 Å². The first-order chi connectivity index (χ1) is 9.38. The highest BCUT2D eigenvalue weighted by Gasteiger charge is 2.20. The van der Waals surface area contributed by atoms with E-state index in [4.69, 9.17) is 0 Å². The summed E-state index contributed by atoms with van der Waals surface area (Å²) in [6.45, 7) is 10.3. The van der Waals surface area contributed by atoms with Crippen molar-refractivity contribution in [2.24, 2.45) is 0 Å². The molecule has 20 heavy (non-hydrogen) atoms. The molecule has 110 valence electrons. The highest BCUT2D eigenvalue weighted by molar-refractivity contribution is 5.94. The molecule has 1 amide bonds. The Balaban J connectivity index is 2.09. The molecule has 0 atom stereocenters. The zero-order valence-electron chi connectivity index (χ0n) is 13.1. The summed E-state index contributed by atoms with van der Waals surface area (Å²) < 4.78 is 0. The molecule has 3 nitrogen and oxygen atoms in total. The first-order valence-corrected chi connectivity index (χ1v) is 7.46. The second-order valence-corrected chi connectivity index (χ2v) is 6.78. The number of likely N-dealkylation sites (N-methyl/N-ethyl adjacent to an activating group) is 1. The number of hydrogen-bond acceptors (Lipinski definition) is 2. The zero-order chi connectivity index (χ0) is 14.8. The van der Waals surface area contributed by atoms with Crippen molar-refractivity contribution in [2.45, 2.75) is 32.6 Å². The van der Waals surface area contributed by atoms with Gasteiger partial charge in [0.2, 0.25) is 0 Å². The van der Waals surface area contributed by atoms with Crippen molar-refractivity contribution in [2.75, 3.05) is 33.2 Å². The van der Waals surface area contributed by atoms with Gasteiger partial charge in [-0.3, -0.25) is 4.79 Å². The lowest BCUT2D eigenvalue weighted by atomic mass is 9.86. The highest BCUT2D eigenvalue weighted by atomic mass is 16.2. The molecule has 1 aliphatic rings. The van der Waals surface area contributed by atoms with Gasteiger partial charge < -0.3 is 9.80 Å². The summed E-state index contributed by atoms with van der Waals surface area (Å²) in [5, 5.41) is 0. The molecule has 0 unspecified atom stereocenters. The monoisotopic (exact) mass is 274 g/mol. The van der Waals surface area contributed by atoms with E-state index in [1.807, 2.05) is 17.0 Å². The van der Waals surface area contributed by atoms with E-state index >= 15 is 0 Å². The molecule has 0 N–H and O–H groups in total. The summed E-state index contributed by atoms with van der Waals surface area (Å²) in [6, 6.07) is 8.10. The van der Waals surface area contributed by atoms with Crippen molar-refractivity contribution < 1.29 is 4.79 Å². The Kier molecular flexibility index (Phi) is 4.48. The Morgan fingerprint density at radius 3 is 2.25 bits per heavy atom. The normalized spacial score (nSPS) is 17.9. The Hall–Kier alpha value is -1.35. The SMILES string of the molecule is CN1CCCN(C(=O)c2ccc(C(C)(C)C)cc2)CC1. The largest absolute Gasteiger partial charge is 0.337 e. The van der Waals surface area contributed by atoms with Crippen molar-refractivity contribution in [3.8, 4) is 0 Å². The first kappa shape index (κ1) is 15.0. The summed E-state index contributed by atoms with van der Waals surface area (Å²) in [4.78, 5) is 16.8. The van der Waals surface area contributed by atoms with Gasteiger partial charge in [-0.25, -0.2) is 0 Å². The molecule has 0 radical (unpaired) electrons. The van der Waals surface area contributed by atoms with Crippen LogP contribution in [0, 0.1) is 0 Å². The summed E-state index contributed by atoms with van der Waals surface area (Å²) in [5.74, 6) is 0.167. The molecule has 0 aromatic heterocycles. The van der Waals surface area contributed by atoms with Crippen LogP contribution in [-0.2, 0) is 5.41 Å². The quantitative estimate of drug-likeness (QED) is 0.786. The van der Waals surface area contributed by atoms with Crippen LogP contribution in [0.25, 0.3) is 0 Å². The maximum Gasteiger partial charge on any atom is 0.253 e. The molecule has 0 aliphatic carbocycles. The average molecular weight is 274 g/mol. The van der Waals surface area contributed by atoms with Crippen molar-refractivity contribution in [3.63, 3.8) is 0 Å². The molecular formula is C17H26N2O. The van der Waals surface area contributed by atoms with Gasteiger partial charge in [0.05, 0.1) is 0 Å². The van der Waals surface area contributed by atoms with E-state index in [1.54, 1.807) is 0 Å². The van der Waals surface area contributed by atoms with Gasteiger partial charge >= 0.3 is 0 Å². The van der Waals surface area contributed by atoms with Gasteiger partial charge in [-0.15, -0.1) is 0 Å². The van der Waals surface area contributed by atoms with E-state index in [0.29, 0.717) is 0 Å². The van der Waals surface area contributed by atoms with Crippen LogP contribution >= 0.6 is 0 Å². The van der Waals surface area contributed by atoms with E-state index < -0.39 is 0 Å². The molecule has 1 aromatic rings. The van der Waals surface area contributed by atoms with Gasteiger partial charge in [-0.1, -0.05) is 32.9 Å². The number of benzene rings is 1. The molecule has 2 rings (SSSR count). The van der Waals surface area contributed by atoms with Gasteiger partial charge in [-0.2, -0.15) is 0 Å². The zero-order valence-corrected chi connectivity index (χ0v) is 13.1. The van der Waals surface area contributed by atoms with Crippen LogP contribution in [0.4, 0.5) is 0 Å². The summed E-state index contributed by atoms with van der Waals surface area (Å²) in [7, 11) is 2.12. The third-order valence-corrected chi connectivity index (χ3v) is 4.00. The Morgan fingerprint density at radius 2 is 1.65 bits per heavy atom. The molecule has 1 heterocycles. The minimum absolute atomic E-state index is 0.132. The highest BCUT2D eigenvalue weighted by Crippen LogP contribution is 2.22. The van der Waals surface area contributed by atoms with Crippen LogP contribution in [0.2, 0.25) is 0 Å². The molecule has 1 saturated heterocycles. The van der Waals surface area contributed by atoms with Crippen molar-refractivity contribution in [1.82, 2.24) is 9.80 Å². The molecule has 0 bridgehead atoms. The number of hydrogen-bond donors (Lipinski definition) is 0. The fourth-order valence-corrected chi connectivity index (χ4v) is 2.54. The predicted octanol–water partition coefficient (Wildman–Crippen LogP) is 2.76. The average Bonchev–Trinajstić information content (AvgIpc) is 2.62. The second-order valence-electron chi connectivity index (χ2n) is 6.78. The number of amides is 1. The molecule has 3 heteroatoms. The lowest BCUT2D eigenvalue weighted by molar-refractivity contribution is 0.0763. The lowest BCUT2D eigenvalue weighted by Crippen LogP contribution is -2.34. The third-order valence-electron chi connectivity index (χ3n) is 4.00. The Morgan fingerprint density at radius 1 is 1.00 bits per heavy atom. The maximum absolute atomic E-state index is 12.5. The van der Waals surface area contributed by atoms with E-state index in [2.05, 4.69) is 44.9 Å². The van der Waals surface area contributed by atoms with Gasteiger partial charge in [0, 0.05) is 25.2 Å². The Labute approximate surface area is 122 Å². The third kappa shape index (κ3) is 3.60. The topological polar surface area (TPSA) is 23.6 Å². The molecule has 0 spiro atoms. The number of carbonyl (C=O) groups excluding carboxylic acids is 1. The maximum atomic E-state index is 12.5. The lowest BCUT2D eigenvalue weighted by Gasteiger charge is -2.22. The van der Waals surface area contributed by atoms with Gasteiger partial charge in [0.1, 0.15) is 0 Å². The van der Waals surface area contributed by atoms with E-state index in [0.717, 1.165) is 38.2 Å². The molecular weight excluding hydrogens is 248 g/mol. The fourth-order valence-electron chi connectivity index (χ4n) is 2.54. The fraction of sp³-hybridized carbons (Fsp3) is 0.588. The van der Waals surface area contributed by atoms with Crippen LogP contribution in [0.15, 0.2) is 24.3 Å². The van der Waals surface area contributed by atoms with Crippen molar-refractivity contribution >= 4 is 5.91 Å². The van der Waals surface area contributed by atoms with Crippen LogP contribution in [0.1, 0.15) is 43.1 Å². The molecule has 1 aliphatic heterocycles. The predicted molar refractivity (Wildman–Crippen MR) is 83.2 cm³/mol. The van der Waals surface area contributed by atoms with Crippen LogP contribution < -0.4 is 0 Å². The van der Waals surface area contributed by atoms with E-state index in [-0.39, 0.29) is 11.3 Å².